The van der Waals surface area contributed by atoms with Gasteiger partial charge in [0, 0.05) is 6.04 Å². The minimum atomic E-state index is -3.87. The minimum absolute atomic E-state index is 0.0756. The highest BCUT2D eigenvalue weighted by Gasteiger charge is 2.16. The van der Waals surface area contributed by atoms with E-state index in [9.17, 15) is 13.2 Å². The predicted molar refractivity (Wildman–Crippen MR) is 76.4 cm³/mol. The standard InChI is InChI=1S/C12H17ClN2O4S/c1-8(15-12(16)7-13)5-9-3-4-10(19-2)11(6-9)20(14,17)18/h3-4,6,8H,5,7H2,1-2H3,(H,15,16)(H2,14,17,18). The van der Waals surface area contributed by atoms with Crippen LogP contribution >= 0.6 is 11.6 Å². The molecule has 0 radical (unpaired) electrons. The van der Waals surface area contributed by atoms with Crippen molar-refractivity contribution in [3.05, 3.63) is 23.8 Å². The zero-order chi connectivity index (χ0) is 15.3. The molecule has 112 valence electrons. The molecule has 1 atom stereocenters. The Bertz CT molecular complexity index is 589. The summed E-state index contributed by atoms with van der Waals surface area (Å²) >= 11 is 5.40. The number of hydrogen-bond acceptors (Lipinski definition) is 4. The number of halogens is 1. The summed E-state index contributed by atoms with van der Waals surface area (Å²) in [4.78, 5) is 11.1. The van der Waals surface area contributed by atoms with E-state index < -0.39 is 10.0 Å². The van der Waals surface area contributed by atoms with Gasteiger partial charge in [-0.3, -0.25) is 4.79 Å². The average Bonchev–Trinajstić information content (AvgIpc) is 2.37. The molecular weight excluding hydrogens is 304 g/mol. The molecule has 3 N–H and O–H groups in total. The number of nitrogens with one attached hydrogen (secondary N) is 1. The number of benzene rings is 1. The monoisotopic (exact) mass is 320 g/mol. The largest absolute Gasteiger partial charge is 0.495 e. The first-order valence-corrected chi connectivity index (χ1v) is 7.91. The van der Waals surface area contributed by atoms with Gasteiger partial charge in [-0.05, 0) is 31.0 Å². The second kappa shape index (κ2) is 6.92. The highest BCUT2D eigenvalue weighted by molar-refractivity contribution is 7.89. The molecule has 1 aromatic carbocycles. The van der Waals surface area contributed by atoms with Crippen LogP contribution < -0.4 is 15.2 Å². The predicted octanol–water partition coefficient (Wildman–Crippen LogP) is 0.629. The Morgan fingerprint density at radius 2 is 2.15 bits per heavy atom. The van der Waals surface area contributed by atoms with Crippen LogP contribution in [0.3, 0.4) is 0 Å². The maximum absolute atomic E-state index is 11.5. The van der Waals surface area contributed by atoms with Gasteiger partial charge >= 0.3 is 0 Å². The molecule has 1 aromatic rings. The van der Waals surface area contributed by atoms with E-state index in [0.717, 1.165) is 5.56 Å². The third-order valence-electron chi connectivity index (χ3n) is 2.61. The van der Waals surface area contributed by atoms with Crippen molar-refractivity contribution in [3.8, 4) is 5.75 Å². The number of rotatable bonds is 6. The Labute approximate surface area is 123 Å². The second-order valence-electron chi connectivity index (χ2n) is 4.34. The number of carbonyl (C=O) groups is 1. The maximum atomic E-state index is 11.5. The number of methoxy groups -OCH3 is 1. The van der Waals surface area contributed by atoms with Gasteiger partial charge in [0.25, 0.3) is 0 Å². The van der Waals surface area contributed by atoms with E-state index >= 15 is 0 Å². The molecule has 20 heavy (non-hydrogen) atoms. The molecule has 0 saturated heterocycles. The molecule has 0 aromatic heterocycles. The van der Waals surface area contributed by atoms with Crippen LogP contribution in [0, 0.1) is 0 Å². The molecule has 0 spiro atoms. The van der Waals surface area contributed by atoms with E-state index in [1.54, 1.807) is 13.0 Å². The van der Waals surface area contributed by atoms with Gasteiger partial charge in [-0.2, -0.15) is 0 Å². The number of sulfonamides is 1. The summed E-state index contributed by atoms with van der Waals surface area (Å²) < 4.78 is 27.9. The molecule has 1 amide bonds. The van der Waals surface area contributed by atoms with Crippen molar-refractivity contribution >= 4 is 27.5 Å². The van der Waals surface area contributed by atoms with Gasteiger partial charge < -0.3 is 10.1 Å². The molecule has 0 heterocycles. The summed E-state index contributed by atoms with van der Waals surface area (Å²) in [6.45, 7) is 1.80. The lowest BCUT2D eigenvalue weighted by Crippen LogP contribution is -2.34. The van der Waals surface area contributed by atoms with Gasteiger partial charge in [-0.1, -0.05) is 6.07 Å². The smallest absolute Gasteiger partial charge is 0.241 e. The summed E-state index contributed by atoms with van der Waals surface area (Å²) in [6.07, 6.45) is 0.454. The van der Waals surface area contributed by atoms with Crippen molar-refractivity contribution in [1.82, 2.24) is 5.32 Å². The van der Waals surface area contributed by atoms with Crippen molar-refractivity contribution in [1.29, 1.82) is 0 Å². The van der Waals surface area contributed by atoms with Crippen LogP contribution in [0.25, 0.3) is 0 Å². The number of hydrogen-bond donors (Lipinski definition) is 2. The lowest BCUT2D eigenvalue weighted by atomic mass is 10.1. The fourth-order valence-corrected chi connectivity index (χ4v) is 2.61. The summed E-state index contributed by atoms with van der Waals surface area (Å²) in [7, 11) is -2.50. The average molecular weight is 321 g/mol. The number of primary sulfonamides is 1. The topological polar surface area (TPSA) is 98.5 Å². The first-order chi connectivity index (χ1) is 9.27. The van der Waals surface area contributed by atoms with Crippen molar-refractivity contribution in [2.75, 3.05) is 13.0 Å². The third-order valence-corrected chi connectivity index (χ3v) is 3.78. The molecule has 1 rings (SSSR count). The Morgan fingerprint density at radius 3 is 2.65 bits per heavy atom. The van der Waals surface area contributed by atoms with Crippen LogP contribution in [-0.2, 0) is 21.2 Å². The van der Waals surface area contributed by atoms with E-state index in [4.69, 9.17) is 21.5 Å². The molecule has 1 unspecified atom stereocenters. The molecule has 0 bridgehead atoms. The van der Waals surface area contributed by atoms with E-state index in [2.05, 4.69) is 5.32 Å². The summed E-state index contributed by atoms with van der Waals surface area (Å²) in [5.74, 6) is -0.205. The van der Waals surface area contributed by atoms with Gasteiger partial charge in [0.1, 0.15) is 16.5 Å². The van der Waals surface area contributed by atoms with Crippen molar-refractivity contribution in [2.24, 2.45) is 5.14 Å². The molecule has 0 aliphatic heterocycles. The Balaban J connectivity index is 2.96. The van der Waals surface area contributed by atoms with Crippen molar-refractivity contribution in [2.45, 2.75) is 24.3 Å². The van der Waals surface area contributed by atoms with Crippen LogP contribution in [0.2, 0.25) is 0 Å². The lowest BCUT2D eigenvalue weighted by molar-refractivity contribution is -0.119. The Kier molecular flexibility index (Phi) is 5.79. The Hall–Kier alpha value is -1.31. The van der Waals surface area contributed by atoms with Crippen LogP contribution in [0.5, 0.6) is 5.75 Å². The van der Waals surface area contributed by atoms with Crippen molar-refractivity contribution in [3.63, 3.8) is 0 Å². The van der Waals surface area contributed by atoms with Gasteiger partial charge in [-0.15, -0.1) is 11.6 Å². The zero-order valence-electron chi connectivity index (χ0n) is 11.2. The molecule has 6 nitrogen and oxygen atoms in total. The van der Waals surface area contributed by atoms with E-state index in [0.29, 0.717) is 6.42 Å². The number of carbonyl (C=O) groups excluding carboxylic acids is 1. The highest BCUT2D eigenvalue weighted by atomic mass is 35.5. The number of nitrogens with two attached hydrogens (primary N) is 1. The molecular formula is C12H17ClN2O4S. The van der Waals surface area contributed by atoms with E-state index in [1.165, 1.54) is 19.2 Å². The zero-order valence-corrected chi connectivity index (χ0v) is 12.8. The summed E-state index contributed by atoms with van der Waals surface area (Å²) in [5, 5.41) is 7.82. The van der Waals surface area contributed by atoms with Crippen LogP contribution in [-0.4, -0.2) is 33.4 Å². The van der Waals surface area contributed by atoms with Crippen molar-refractivity contribution < 1.29 is 17.9 Å². The lowest BCUT2D eigenvalue weighted by Gasteiger charge is -2.14. The molecule has 0 aliphatic rings. The van der Waals surface area contributed by atoms with Gasteiger partial charge in [0.2, 0.25) is 15.9 Å². The first-order valence-electron chi connectivity index (χ1n) is 5.83. The third kappa shape index (κ3) is 4.66. The SMILES string of the molecule is COc1ccc(CC(C)NC(=O)CCl)cc1S(N)(=O)=O. The van der Waals surface area contributed by atoms with Gasteiger partial charge in [-0.25, -0.2) is 13.6 Å². The molecule has 8 heteroatoms. The normalized spacial score (nSPS) is 12.8. The van der Waals surface area contributed by atoms with Crippen LogP contribution in [0.1, 0.15) is 12.5 Å². The quantitative estimate of drug-likeness (QED) is 0.751. The minimum Gasteiger partial charge on any atom is -0.495 e. The Morgan fingerprint density at radius 1 is 1.50 bits per heavy atom. The fourth-order valence-electron chi connectivity index (χ4n) is 1.79. The number of ether oxygens (including phenoxy) is 1. The van der Waals surface area contributed by atoms with Gasteiger partial charge in [0.05, 0.1) is 7.11 Å². The maximum Gasteiger partial charge on any atom is 0.241 e. The van der Waals surface area contributed by atoms with Crippen LogP contribution in [0.15, 0.2) is 23.1 Å². The fraction of sp³-hybridized carbons (Fsp3) is 0.417. The summed E-state index contributed by atoms with van der Waals surface area (Å²) in [5.41, 5.74) is 0.720. The highest BCUT2D eigenvalue weighted by Crippen LogP contribution is 2.24. The second-order valence-corrected chi connectivity index (χ2v) is 6.13. The first kappa shape index (κ1) is 16.7. The molecule has 0 aliphatic carbocycles. The van der Waals surface area contributed by atoms with E-state index in [1.807, 2.05) is 0 Å². The van der Waals surface area contributed by atoms with Crippen LogP contribution in [0.4, 0.5) is 0 Å². The molecule has 0 saturated carbocycles. The van der Waals surface area contributed by atoms with E-state index in [-0.39, 0.29) is 28.5 Å². The number of amides is 1. The van der Waals surface area contributed by atoms with Gasteiger partial charge in [0.15, 0.2) is 0 Å². The number of alkyl halides is 1. The summed E-state index contributed by atoms with van der Waals surface area (Å²) in [6, 6.07) is 4.52. The molecule has 0 fully saturated rings.